The van der Waals surface area contributed by atoms with Gasteiger partial charge in [-0.1, -0.05) is 41.5 Å². The lowest BCUT2D eigenvalue weighted by atomic mass is 9.83. The van der Waals surface area contributed by atoms with Crippen molar-refractivity contribution in [2.45, 2.75) is 66.2 Å². The molecular formula is C15H26N2. The SMILES string of the molecule is Cc1c(C(C)(C)C)nc(C(C)(C)C)c(C)c1N. The largest absolute Gasteiger partial charge is 0.398 e. The summed E-state index contributed by atoms with van der Waals surface area (Å²) in [6.45, 7) is 17.2. The second-order valence-electron chi connectivity index (χ2n) is 6.97. The van der Waals surface area contributed by atoms with Crippen molar-refractivity contribution in [1.29, 1.82) is 0 Å². The van der Waals surface area contributed by atoms with Crippen molar-refractivity contribution in [3.8, 4) is 0 Å². The molecule has 0 aliphatic heterocycles. The van der Waals surface area contributed by atoms with Crippen LogP contribution in [0.25, 0.3) is 0 Å². The molecule has 0 unspecified atom stereocenters. The lowest BCUT2D eigenvalue weighted by Crippen LogP contribution is -2.24. The Balaban J connectivity index is 3.63. The molecule has 0 aromatic carbocycles. The van der Waals surface area contributed by atoms with Crippen LogP contribution in [0.3, 0.4) is 0 Å². The Hall–Kier alpha value is -1.05. The maximum atomic E-state index is 6.24. The van der Waals surface area contributed by atoms with E-state index < -0.39 is 0 Å². The number of hydrogen-bond acceptors (Lipinski definition) is 2. The third-order valence-corrected chi connectivity index (χ3v) is 3.16. The molecule has 0 amide bonds. The van der Waals surface area contributed by atoms with Gasteiger partial charge in [-0.15, -0.1) is 0 Å². The second-order valence-corrected chi connectivity index (χ2v) is 6.97. The normalized spacial score (nSPS) is 12.9. The third-order valence-electron chi connectivity index (χ3n) is 3.16. The van der Waals surface area contributed by atoms with E-state index in [0.717, 1.165) is 28.2 Å². The Bertz CT molecular complexity index is 393. The zero-order chi connectivity index (χ0) is 13.6. The van der Waals surface area contributed by atoms with Crippen LogP contribution in [0.15, 0.2) is 0 Å². The highest BCUT2D eigenvalue weighted by Gasteiger charge is 2.26. The highest BCUT2D eigenvalue weighted by Crippen LogP contribution is 2.34. The van der Waals surface area contributed by atoms with Crippen LogP contribution in [0, 0.1) is 13.8 Å². The standard InChI is InChI=1S/C15H26N2/c1-9-11(16)10(2)13(15(6,7)8)17-12(9)14(3,4)5/h1-8H3,(H2,16,17). The molecule has 2 N–H and O–H groups in total. The summed E-state index contributed by atoms with van der Waals surface area (Å²) in [5, 5.41) is 0. The van der Waals surface area contributed by atoms with Crippen LogP contribution in [0.2, 0.25) is 0 Å². The number of pyridine rings is 1. The summed E-state index contributed by atoms with van der Waals surface area (Å²) >= 11 is 0. The Morgan fingerprint density at radius 2 is 1.06 bits per heavy atom. The minimum absolute atomic E-state index is 0.0336. The highest BCUT2D eigenvalue weighted by atomic mass is 14.8. The van der Waals surface area contributed by atoms with Gasteiger partial charge >= 0.3 is 0 Å². The molecule has 0 bridgehead atoms. The van der Waals surface area contributed by atoms with Crippen LogP contribution in [0.1, 0.15) is 64.1 Å². The second kappa shape index (κ2) is 4.01. The number of rotatable bonds is 0. The van der Waals surface area contributed by atoms with E-state index in [1.807, 2.05) is 0 Å². The van der Waals surface area contributed by atoms with Crippen LogP contribution in [0.5, 0.6) is 0 Å². The predicted molar refractivity (Wildman–Crippen MR) is 75.5 cm³/mol. The fraction of sp³-hybridized carbons (Fsp3) is 0.667. The Morgan fingerprint density at radius 3 is 1.29 bits per heavy atom. The first-order chi connectivity index (χ1) is 7.46. The Morgan fingerprint density at radius 1 is 0.765 bits per heavy atom. The first kappa shape index (κ1) is 14.0. The van der Waals surface area contributed by atoms with Crippen LogP contribution in [0.4, 0.5) is 5.69 Å². The van der Waals surface area contributed by atoms with Gasteiger partial charge in [0.15, 0.2) is 0 Å². The highest BCUT2D eigenvalue weighted by molar-refractivity contribution is 5.58. The van der Waals surface area contributed by atoms with Crippen molar-refractivity contribution in [2.24, 2.45) is 0 Å². The van der Waals surface area contributed by atoms with Gasteiger partial charge in [-0.05, 0) is 25.0 Å². The zero-order valence-electron chi connectivity index (χ0n) is 12.5. The maximum Gasteiger partial charge on any atom is 0.0510 e. The molecule has 2 heteroatoms. The average Bonchev–Trinajstić information content (AvgIpc) is 2.10. The third kappa shape index (κ3) is 2.62. The van der Waals surface area contributed by atoms with E-state index in [9.17, 15) is 0 Å². The molecule has 2 nitrogen and oxygen atoms in total. The maximum absolute atomic E-state index is 6.24. The van der Waals surface area contributed by atoms with Gasteiger partial charge in [0, 0.05) is 16.5 Å². The average molecular weight is 234 g/mol. The lowest BCUT2D eigenvalue weighted by Gasteiger charge is -2.28. The molecule has 1 aromatic rings. The van der Waals surface area contributed by atoms with Crippen LogP contribution in [-0.4, -0.2) is 4.98 Å². The van der Waals surface area contributed by atoms with E-state index in [-0.39, 0.29) is 10.8 Å². The first-order valence-corrected chi connectivity index (χ1v) is 6.24. The summed E-state index contributed by atoms with van der Waals surface area (Å²) in [6.07, 6.45) is 0. The molecule has 0 aliphatic rings. The first-order valence-electron chi connectivity index (χ1n) is 6.24. The number of hydrogen-bond donors (Lipinski definition) is 1. The van der Waals surface area contributed by atoms with Crippen molar-refractivity contribution in [3.05, 3.63) is 22.5 Å². The monoisotopic (exact) mass is 234 g/mol. The lowest BCUT2D eigenvalue weighted by molar-refractivity contribution is 0.525. The van der Waals surface area contributed by atoms with E-state index in [0.29, 0.717) is 0 Å². The molecule has 17 heavy (non-hydrogen) atoms. The Kier molecular flexibility index (Phi) is 3.30. The van der Waals surface area contributed by atoms with Crippen molar-refractivity contribution < 1.29 is 0 Å². The van der Waals surface area contributed by atoms with E-state index in [1.54, 1.807) is 0 Å². The molecule has 96 valence electrons. The molecule has 1 heterocycles. The van der Waals surface area contributed by atoms with Gasteiger partial charge < -0.3 is 5.73 Å². The van der Waals surface area contributed by atoms with E-state index in [4.69, 9.17) is 10.7 Å². The topological polar surface area (TPSA) is 38.9 Å². The van der Waals surface area contributed by atoms with Gasteiger partial charge in [-0.25, -0.2) is 0 Å². The summed E-state index contributed by atoms with van der Waals surface area (Å²) in [4.78, 5) is 4.90. The summed E-state index contributed by atoms with van der Waals surface area (Å²) < 4.78 is 0. The van der Waals surface area contributed by atoms with E-state index in [1.165, 1.54) is 0 Å². The van der Waals surface area contributed by atoms with Crippen LogP contribution < -0.4 is 5.73 Å². The summed E-state index contributed by atoms with van der Waals surface area (Å²) in [5.41, 5.74) is 11.7. The summed E-state index contributed by atoms with van der Waals surface area (Å²) in [7, 11) is 0. The van der Waals surface area contributed by atoms with Crippen molar-refractivity contribution in [3.63, 3.8) is 0 Å². The van der Waals surface area contributed by atoms with Gasteiger partial charge in [0.1, 0.15) is 0 Å². The fourth-order valence-electron chi connectivity index (χ4n) is 2.28. The van der Waals surface area contributed by atoms with Crippen LogP contribution >= 0.6 is 0 Å². The van der Waals surface area contributed by atoms with Crippen molar-refractivity contribution in [1.82, 2.24) is 4.98 Å². The van der Waals surface area contributed by atoms with E-state index in [2.05, 4.69) is 55.4 Å². The number of anilines is 1. The number of aromatic nitrogens is 1. The molecule has 0 spiro atoms. The summed E-state index contributed by atoms with van der Waals surface area (Å²) in [5.74, 6) is 0. The summed E-state index contributed by atoms with van der Waals surface area (Å²) in [6, 6.07) is 0. The Labute approximate surface area is 106 Å². The molecule has 0 saturated heterocycles. The molecule has 0 fully saturated rings. The molecule has 0 saturated carbocycles. The molecule has 0 radical (unpaired) electrons. The smallest absolute Gasteiger partial charge is 0.0510 e. The number of nitrogens with zero attached hydrogens (tertiary/aromatic N) is 1. The quantitative estimate of drug-likeness (QED) is 0.740. The van der Waals surface area contributed by atoms with Gasteiger partial charge in [-0.2, -0.15) is 0 Å². The van der Waals surface area contributed by atoms with Crippen molar-refractivity contribution in [2.75, 3.05) is 5.73 Å². The minimum Gasteiger partial charge on any atom is -0.398 e. The van der Waals surface area contributed by atoms with Gasteiger partial charge in [0.25, 0.3) is 0 Å². The molecule has 0 atom stereocenters. The minimum atomic E-state index is 0.0336. The molecule has 0 aliphatic carbocycles. The molecule has 1 aromatic heterocycles. The predicted octanol–water partition coefficient (Wildman–Crippen LogP) is 3.88. The number of nitrogen functional groups attached to an aromatic ring is 1. The van der Waals surface area contributed by atoms with E-state index >= 15 is 0 Å². The van der Waals surface area contributed by atoms with Gasteiger partial charge in [0.05, 0.1) is 11.4 Å². The van der Waals surface area contributed by atoms with Gasteiger partial charge in [0.2, 0.25) is 0 Å². The zero-order valence-corrected chi connectivity index (χ0v) is 12.5. The van der Waals surface area contributed by atoms with Crippen LogP contribution in [-0.2, 0) is 10.8 Å². The fourth-order valence-corrected chi connectivity index (χ4v) is 2.28. The molecule has 1 rings (SSSR count). The molecular weight excluding hydrogens is 208 g/mol. The van der Waals surface area contributed by atoms with Gasteiger partial charge in [-0.3, -0.25) is 4.98 Å². The van der Waals surface area contributed by atoms with Crippen molar-refractivity contribution >= 4 is 5.69 Å². The number of nitrogens with two attached hydrogens (primary N) is 1.